The summed E-state index contributed by atoms with van der Waals surface area (Å²) < 4.78 is 15.1. The second kappa shape index (κ2) is 13.6. The lowest BCUT2D eigenvalue weighted by molar-refractivity contribution is -0.166. The molecule has 3 N–H and O–H groups in total. The Balaban J connectivity index is 0.000000216. The van der Waals surface area contributed by atoms with Gasteiger partial charge in [0, 0.05) is 12.5 Å². The molecule has 41 heavy (non-hydrogen) atoms. The molecule has 214 valence electrons. The van der Waals surface area contributed by atoms with Crippen molar-refractivity contribution < 1.29 is 43.6 Å². The van der Waals surface area contributed by atoms with Crippen molar-refractivity contribution in [2.24, 2.45) is 0 Å². The van der Waals surface area contributed by atoms with Crippen molar-refractivity contribution in [3.8, 4) is 5.75 Å². The van der Waals surface area contributed by atoms with Crippen molar-refractivity contribution >= 4 is 23.9 Å². The molecule has 1 heterocycles. The first-order valence-electron chi connectivity index (χ1n) is 13.2. The standard InChI is InChI=1S/C18H14O8.C13H17NO/c19-15(20)13(25-17(23)11-7-3-1-4-8-11)14(16(21)22)26-18(24)12-9-5-2-6-10-12;1-14-12-3-2-9-6-10-4-5-15-13(10)8-11(9)7-12/h1-10,13-14H,(H,19,20)(H,21,22);6,8,12,14H,2-5,7H2,1H3. The summed E-state index contributed by atoms with van der Waals surface area (Å²) in [6, 6.07) is 20.1. The van der Waals surface area contributed by atoms with E-state index in [0.717, 1.165) is 25.2 Å². The van der Waals surface area contributed by atoms with E-state index in [9.17, 15) is 29.4 Å². The number of rotatable bonds is 8. The van der Waals surface area contributed by atoms with Crippen LogP contribution < -0.4 is 10.1 Å². The van der Waals surface area contributed by atoms with E-state index in [-0.39, 0.29) is 11.1 Å². The Morgan fingerprint density at radius 2 is 1.32 bits per heavy atom. The maximum Gasteiger partial charge on any atom is 0.349 e. The Labute approximate surface area is 236 Å². The number of hydrogen-bond acceptors (Lipinski definition) is 8. The molecule has 0 aromatic heterocycles. The number of benzene rings is 3. The van der Waals surface area contributed by atoms with Crippen LogP contribution in [0.4, 0.5) is 0 Å². The Kier molecular flexibility index (Phi) is 9.70. The highest BCUT2D eigenvalue weighted by molar-refractivity contribution is 5.95. The maximum absolute atomic E-state index is 12.0. The van der Waals surface area contributed by atoms with Gasteiger partial charge >= 0.3 is 23.9 Å². The summed E-state index contributed by atoms with van der Waals surface area (Å²) in [4.78, 5) is 46.8. The largest absolute Gasteiger partial charge is 0.493 e. The van der Waals surface area contributed by atoms with Gasteiger partial charge in [-0.3, -0.25) is 0 Å². The second-order valence-electron chi connectivity index (χ2n) is 9.62. The third kappa shape index (κ3) is 7.49. The fourth-order valence-electron chi connectivity index (χ4n) is 4.68. The van der Waals surface area contributed by atoms with Crippen LogP contribution in [-0.2, 0) is 38.3 Å². The molecule has 0 bridgehead atoms. The molecule has 3 unspecified atom stereocenters. The van der Waals surface area contributed by atoms with Gasteiger partial charge in [-0.15, -0.1) is 0 Å². The first-order chi connectivity index (χ1) is 19.8. The van der Waals surface area contributed by atoms with E-state index in [1.54, 1.807) is 17.7 Å². The third-order valence-corrected chi connectivity index (χ3v) is 6.90. The van der Waals surface area contributed by atoms with Crippen molar-refractivity contribution in [3.05, 3.63) is 101 Å². The van der Waals surface area contributed by atoms with E-state index < -0.39 is 36.1 Å². The van der Waals surface area contributed by atoms with E-state index in [4.69, 9.17) is 14.2 Å². The van der Waals surface area contributed by atoms with Gasteiger partial charge in [0.25, 0.3) is 0 Å². The summed E-state index contributed by atoms with van der Waals surface area (Å²) >= 11 is 0. The third-order valence-electron chi connectivity index (χ3n) is 6.90. The van der Waals surface area contributed by atoms with Crippen LogP contribution in [0.5, 0.6) is 5.75 Å². The molecule has 3 aromatic carbocycles. The van der Waals surface area contributed by atoms with E-state index in [0.29, 0.717) is 6.04 Å². The zero-order valence-corrected chi connectivity index (χ0v) is 22.4. The van der Waals surface area contributed by atoms with Crippen LogP contribution in [0, 0.1) is 0 Å². The number of carboxylic acid groups (broad SMARTS) is 2. The van der Waals surface area contributed by atoms with Gasteiger partial charge in [0.1, 0.15) is 5.75 Å². The Morgan fingerprint density at radius 3 is 1.80 bits per heavy atom. The van der Waals surface area contributed by atoms with Crippen LogP contribution in [0.3, 0.4) is 0 Å². The van der Waals surface area contributed by atoms with Crippen LogP contribution in [-0.4, -0.2) is 66.0 Å². The smallest absolute Gasteiger partial charge is 0.349 e. The molecule has 0 spiro atoms. The minimum Gasteiger partial charge on any atom is -0.493 e. The monoisotopic (exact) mass is 561 g/mol. The molecule has 5 rings (SSSR count). The van der Waals surface area contributed by atoms with E-state index in [2.05, 4.69) is 24.5 Å². The van der Waals surface area contributed by atoms with Gasteiger partial charge in [-0.1, -0.05) is 42.5 Å². The van der Waals surface area contributed by atoms with Gasteiger partial charge in [-0.2, -0.15) is 0 Å². The number of carbonyl (C=O) groups excluding carboxylic acids is 2. The number of aryl methyl sites for hydroxylation is 1. The highest BCUT2D eigenvalue weighted by Gasteiger charge is 2.41. The minimum atomic E-state index is -2.21. The van der Waals surface area contributed by atoms with E-state index in [1.165, 1.54) is 72.5 Å². The van der Waals surface area contributed by atoms with Crippen molar-refractivity contribution in [3.63, 3.8) is 0 Å². The fraction of sp³-hybridized carbons (Fsp3) is 0.290. The second-order valence-corrected chi connectivity index (χ2v) is 9.62. The van der Waals surface area contributed by atoms with Gasteiger partial charge < -0.3 is 29.7 Å². The molecule has 10 nitrogen and oxygen atoms in total. The van der Waals surface area contributed by atoms with Crippen LogP contribution in [0.2, 0.25) is 0 Å². The number of carboxylic acids is 2. The van der Waals surface area contributed by atoms with Gasteiger partial charge in [0.2, 0.25) is 12.2 Å². The number of fused-ring (bicyclic) bond motifs is 2. The minimum absolute atomic E-state index is 0.0253. The normalized spacial score (nSPS) is 16.4. The first kappa shape index (κ1) is 29.3. The molecule has 0 amide bonds. The Bertz CT molecular complexity index is 1320. The molecule has 3 aromatic rings. The van der Waals surface area contributed by atoms with Gasteiger partial charge in [0.05, 0.1) is 17.7 Å². The van der Waals surface area contributed by atoms with Gasteiger partial charge in [-0.05, 0) is 73.3 Å². The molecule has 0 saturated carbocycles. The number of carbonyl (C=O) groups is 4. The number of likely N-dealkylation sites (N-methyl/N-ethyl adjacent to an activating group) is 1. The first-order valence-corrected chi connectivity index (χ1v) is 13.2. The summed E-state index contributed by atoms with van der Waals surface area (Å²) in [5.41, 5.74) is 4.50. The molecule has 10 heteroatoms. The van der Waals surface area contributed by atoms with Gasteiger partial charge in [0.15, 0.2) is 0 Å². The fourth-order valence-corrected chi connectivity index (χ4v) is 4.68. The van der Waals surface area contributed by atoms with Crippen LogP contribution >= 0.6 is 0 Å². The van der Waals surface area contributed by atoms with E-state index in [1.807, 2.05) is 0 Å². The summed E-state index contributed by atoms with van der Waals surface area (Å²) in [5, 5.41) is 21.9. The van der Waals surface area contributed by atoms with E-state index >= 15 is 0 Å². The molecule has 1 aliphatic heterocycles. The molecule has 0 radical (unpaired) electrons. The zero-order valence-electron chi connectivity index (χ0n) is 22.4. The number of hydrogen-bond donors (Lipinski definition) is 3. The van der Waals surface area contributed by atoms with Crippen molar-refractivity contribution in [2.45, 2.75) is 43.9 Å². The molecule has 1 aliphatic carbocycles. The zero-order chi connectivity index (χ0) is 29.4. The highest BCUT2D eigenvalue weighted by atomic mass is 16.6. The molecular formula is C31H31NO9. The topological polar surface area (TPSA) is 148 Å². The Morgan fingerprint density at radius 1 is 0.780 bits per heavy atom. The van der Waals surface area contributed by atoms with Crippen LogP contribution in [0.1, 0.15) is 43.8 Å². The molecule has 0 saturated heterocycles. The number of nitrogens with one attached hydrogen (secondary N) is 1. The predicted octanol–water partition coefficient (Wildman–Crippen LogP) is 3.31. The average Bonchev–Trinajstić information content (AvgIpc) is 3.45. The van der Waals surface area contributed by atoms with Crippen LogP contribution in [0.25, 0.3) is 0 Å². The summed E-state index contributed by atoms with van der Waals surface area (Å²) in [5.74, 6) is -4.50. The van der Waals surface area contributed by atoms with Crippen LogP contribution in [0.15, 0.2) is 72.8 Å². The predicted molar refractivity (Wildman–Crippen MR) is 147 cm³/mol. The quantitative estimate of drug-likeness (QED) is 0.350. The van der Waals surface area contributed by atoms with Crippen molar-refractivity contribution in [2.75, 3.05) is 13.7 Å². The van der Waals surface area contributed by atoms with Crippen molar-refractivity contribution in [1.29, 1.82) is 0 Å². The SMILES string of the molecule is CNC1CCc2cc3c(cc2C1)OCC3.O=C(OC(C(=O)O)C(OC(=O)c1ccccc1)C(=O)O)c1ccccc1. The number of esters is 2. The number of aliphatic carboxylic acids is 2. The Hall–Kier alpha value is -4.70. The lowest BCUT2D eigenvalue weighted by Gasteiger charge is -2.24. The summed E-state index contributed by atoms with van der Waals surface area (Å²) in [7, 11) is 2.06. The van der Waals surface area contributed by atoms with Crippen molar-refractivity contribution in [1.82, 2.24) is 5.32 Å². The maximum atomic E-state index is 12.0. The number of ether oxygens (including phenoxy) is 3. The summed E-state index contributed by atoms with van der Waals surface area (Å²) in [6.45, 7) is 0.869. The lowest BCUT2D eigenvalue weighted by Crippen LogP contribution is -2.45. The highest BCUT2D eigenvalue weighted by Crippen LogP contribution is 2.32. The average molecular weight is 562 g/mol. The molecule has 3 atom stereocenters. The molecule has 0 fully saturated rings. The molecule has 2 aliphatic rings. The summed E-state index contributed by atoms with van der Waals surface area (Å²) in [6.07, 6.45) is 0.304. The lowest BCUT2D eigenvalue weighted by atomic mass is 9.87. The molecular weight excluding hydrogens is 530 g/mol. The van der Waals surface area contributed by atoms with Gasteiger partial charge in [-0.25, -0.2) is 19.2 Å².